The number of carbonyl (C=O) groups is 3. The summed E-state index contributed by atoms with van der Waals surface area (Å²) in [5.41, 5.74) is 2.12. The normalized spacial score (nSPS) is 15.3. The van der Waals surface area contributed by atoms with E-state index in [1.807, 2.05) is 6.07 Å². The number of ether oxygens (including phenoxy) is 1. The van der Waals surface area contributed by atoms with Gasteiger partial charge in [0.1, 0.15) is 0 Å². The Balaban J connectivity index is 2.08. The van der Waals surface area contributed by atoms with Crippen LogP contribution in [0.2, 0.25) is 0 Å². The number of rotatable bonds is 5. The maximum atomic E-state index is 13.1. The van der Waals surface area contributed by atoms with Gasteiger partial charge in [-0.2, -0.15) is 0 Å². The number of anilines is 1. The zero-order chi connectivity index (χ0) is 20.3. The van der Waals surface area contributed by atoms with Crippen molar-refractivity contribution >= 4 is 29.6 Å². The van der Waals surface area contributed by atoms with Crippen LogP contribution in [0.4, 0.5) is 5.69 Å². The number of benzene rings is 2. The van der Waals surface area contributed by atoms with Crippen molar-refractivity contribution in [3.63, 3.8) is 0 Å². The zero-order valence-electron chi connectivity index (χ0n) is 15.5. The molecule has 0 N–H and O–H groups in total. The summed E-state index contributed by atoms with van der Waals surface area (Å²) in [4.78, 5) is 38.0. The number of carboxylic acids is 1. The summed E-state index contributed by atoms with van der Waals surface area (Å²) >= 11 is 0. The summed E-state index contributed by atoms with van der Waals surface area (Å²) in [6.07, 6.45) is 1.56. The average molecular weight is 376 g/mol. The van der Waals surface area contributed by atoms with Crippen molar-refractivity contribution in [2.24, 2.45) is 0 Å². The Labute approximate surface area is 162 Å². The molecule has 0 radical (unpaired) electrons. The minimum Gasteiger partial charge on any atom is -0.545 e. The van der Waals surface area contributed by atoms with Gasteiger partial charge in [-0.1, -0.05) is 42.5 Å². The van der Waals surface area contributed by atoms with E-state index in [9.17, 15) is 19.5 Å². The van der Waals surface area contributed by atoms with Crippen molar-refractivity contribution in [1.29, 1.82) is 0 Å². The Morgan fingerprint density at radius 2 is 1.71 bits per heavy atom. The number of para-hydroxylation sites is 1. The van der Waals surface area contributed by atoms with E-state index in [2.05, 4.69) is 0 Å². The van der Waals surface area contributed by atoms with Gasteiger partial charge < -0.3 is 14.6 Å². The van der Waals surface area contributed by atoms with Crippen molar-refractivity contribution in [3.8, 4) is 0 Å². The van der Waals surface area contributed by atoms with Gasteiger partial charge in [-0.05, 0) is 43.2 Å². The van der Waals surface area contributed by atoms with E-state index >= 15 is 0 Å². The molecule has 1 heterocycles. The topological polar surface area (TPSA) is 86.7 Å². The average Bonchev–Trinajstić information content (AvgIpc) is 2.93. The van der Waals surface area contributed by atoms with Crippen LogP contribution in [0.15, 0.2) is 71.4 Å². The molecular formula is C22H18NO5-. The number of carbonyl (C=O) groups excluding carboxylic acids is 3. The molecule has 0 unspecified atom stereocenters. The lowest BCUT2D eigenvalue weighted by Gasteiger charge is -2.17. The Morgan fingerprint density at radius 1 is 1.07 bits per heavy atom. The molecule has 0 saturated heterocycles. The molecule has 0 bridgehead atoms. The van der Waals surface area contributed by atoms with E-state index in [4.69, 9.17) is 4.74 Å². The Bertz CT molecular complexity index is 987. The summed E-state index contributed by atoms with van der Waals surface area (Å²) in [7, 11) is 0. The van der Waals surface area contributed by atoms with Gasteiger partial charge in [-0.25, -0.2) is 4.79 Å². The Morgan fingerprint density at radius 3 is 2.29 bits per heavy atom. The minimum absolute atomic E-state index is 0.0307. The predicted molar refractivity (Wildman–Crippen MR) is 102 cm³/mol. The lowest BCUT2D eigenvalue weighted by atomic mass is 10.0. The second-order valence-electron chi connectivity index (χ2n) is 6.12. The molecule has 6 nitrogen and oxygen atoms in total. The molecule has 1 amide bonds. The van der Waals surface area contributed by atoms with Crippen molar-refractivity contribution in [3.05, 3.63) is 82.6 Å². The lowest BCUT2D eigenvalue weighted by Crippen LogP contribution is -2.24. The van der Waals surface area contributed by atoms with E-state index in [1.165, 1.54) is 17.0 Å². The molecule has 6 heteroatoms. The van der Waals surface area contributed by atoms with Crippen LogP contribution < -0.4 is 10.0 Å². The number of nitrogens with zero attached hydrogens (tertiary/aromatic N) is 1. The maximum Gasteiger partial charge on any atom is 0.340 e. The van der Waals surface area contributed by atoms with Crippen LogP contribution in [0.3, 0.4) is 0 Å². The highest BCUT2D eigenvalue weighted by Gasteiger charge is 2.37. The fourth-order valence-electron chi connectivity index (χ4n) is 3.05. The fourth-order valence-corrected chi connectivity index (χ4v) is 3.05. The predicted octanol–water partition coefficient (Wildman–Crippen LogP) is 2.32. The molecule has 3 rings (SSSR count). The first kappa shape index (κ1) is 19.1. The number of hydrogen-bond acceptors (Lipinski definition) is 5. The third-order valence-electron chi connectivity index (χ3n) is 4.35. The fraction of sp³-hybridized carbons (Fsp3) is 0.136. The SMILES string of the molecule is CCOC(=O)C1=C(C)N(c2ccccc2)C(=O)/C1=C/c1ccc(C(=O)[O-])cc1. The highest BCUT2D eigenvalue weighted by Crippen LogP contribution is 2.35. The van der Waals surface area contributed by atoms with Crippen LogP contribution in [-0.2, 0) is 14.3 Å². The first-order valence-electron chi connectivity index (χ1n) is 8.75. The van der Waals surface area contributed by atoms with Crippen LogP contribution >= 0.6 is 0 Å². The van der Waals surface area contributed by atoms with Gasteiger partial charge in [-0.15, -0.1) is 0 Å². The minimum atomic E-state index is -1.28. The van der Waals surface area contributed by atoms with E-state index < -0.39 is 11.9 Å². The molecule has 1 aliphatic heterocycles. The van der Waals surface area contributed by atoms with Gasteiger partial charge in [0.05, 0.1) is 23.7 Å². The van der Waals surface area contributed by atoms with E-state index in [1.54, 1.807) is 56.3 Å². The van der Waals surface area contributed by atoms with Crippen LogP contribution in [0.25, 0.3) is 6.08 Å². The third kappa shape index (κ3) is 3.57. The third-order valence-corrected chi connectivity index (χ3v) is 4.35. The monoisotopic (exact) mass is 376 g/mol. The second kappa shape index (κ2) is 7.92. The van der Waals surface area contributed by atoms with Gasteiger partial charge in [0.2, 0.25) is 0 Å². The summed E-state index contributed by atoms with van der Waals surface area (Å²) in [6, 6.07) is 14.9. The summed E-state index contributed by atoms with van der Waals surface area (Å²) in [6.45, 7) is 3.57. The Hall–Kier alpha value is -3.67. The highest BCUT2D eigenvalue weighted by atomic mass is 16.5. The zero-order valence-corrected chi connectivity index (χ0v) is 15.5. The van der Waals surface area contributed by atoms with Crippen LogP contribution in [0.1, 0.15) is 29.8 Å². The number of amides is 1. The molecule has 28 heavy (non-hydrogen) atoms. The van der Waals surface area contributed by atoms with Crippen molar-refractivity contribution in [1.82, 2.24) is 0 Å². The van der Waals surface area contributed by atoms with Crippen molar-refractivity contribution in [2.75, 3.05) is 11.5 Å². The molecular weight excluding hydrogens is 358 g/mol. The molecule has 142 valence electrons. The van der Waals surface area contributed by atoms with Gasteiger partial charge in [0.25, 0.3) is 5.91 Å². The molecule has 0 spiro atoms. The summed E-state index contributed by atoms with van der Waals surface area (Å²) in [5, 5.41) is 10.9. The van der Waals surface area contributed by atoms with Crippen LogP contribution in [-0.4, -0.2) is 24.5 Å². The number of hydrogen-bond donors (Lipinski definition) is 0. The number of carboxylic acid groups (broad SMARTS) is 1. The van der Waals surface area contributed by atoms with Crippen LogP contribution in [0, 0.1) is 0 Å². The molecule has 0 atom stereocenters. The second-order valence-corrected chi connectivity index (χ2v) is 6.12. The summed E-state index contributed by atoms with van der Waals surface area (Å²) < 4.78 is 5.14. The van der Waals surface area contributed by atoms with E-state index in [0.29, 0.717) is 16.9 Å². The molecule has 1 aliphatic rings. The molecule has 2 aromatic rings. The van der Waals surface area contributed by atoms with Crippen molar-refractivity contribution in [2.45, 2.75) is 13.8 Å². The lowest BCUT2D eigenvalue weighted by molar-refractivity contribution is -0.255. The van der Waals surface area contributed by atoms with E-state index in [0.717, 1.165) is 0 Å². The number of aromatic carboxylic acids is 1. The quantitative estimate of drug-likeness (QED) is 0.590. The standard InChI is InChI=1S/C22H19NO5/c1-3-28-22(27)19-14(2)23(17-7-5-4-6-8-17)20(24)18(19)13-15-9-11-16(12-10-15)21(25)26/h4-13H,3H2,1-2H3,(H,25,26)/p-1/b18-13+. The Kier molecular flexibility index (Phi) is 5.40. The van der Waals surface area contributed by atoms with Gasteiger partial charge in [0, 0.05) is 11.4 Å². The van der Waals surface area contributed by atoms with Crippen LogP contribution in [0.5, 0.6) is 0 Å². The first-order chi connectivity index (χ1) is 13.4. The molecule has 0 aromatic heterocycles. The van der Waals surface area contributed by atoms with E-state index in [-0.39, 0.29) is 29.2 Å². The smallest absolute Gasteiger partial charge is 0.340 e. The number of esters is 1. The molecule has 0 fully saturated rings. The largest absolute Gasteiger partial charge is 0.545 e. The highest BCUT2D eigenvalue weighted by molar-refractivity contribution is 6.23. The maximum absolute atomic E-state index is 13.1. The van der Waals surface area contributed by atoms with Gasteiger partial charge in [0.15, 0.2) is 0 Å². The molecule has 0 aliphatic carbocycles. The van der Waals surface area contributed by atoms with Gasteiger partial charge >= 0.3 is 5.97 Å². The summed E-state index contributed by atoms with van der Waals surface area (Å²) in [5.74, 6) is -2.21. The van der Waals surface area contributed by atoms with Crippen molar-refractivity contribution < 1.29 is 24.2 Å². The number of allylic oxidation sites excluding steroid dienone is 1. The molecule has 2 aromatic carbocycles. The van der Waals surface area contributed by atoms with Gasteiger partial charge in [-0.3, -0.25) is 9.69 Å². The molecule has 0 saturated carbocycles. The first-order valence-corrected chi connectivity index (χ1v) is 8.75.